The number of nitrogens with zero attached hydrogens (tertiary/aromatic N) is 1. The normalized spacial score (nSPS) is 18.5. The third kappa shape index (κ3) is 12.0. The minimum atomic E-state index is -0.578. The van der Waals surface area contributed by atoms with E-state index in [-0.39, 0.29) is 30.6 Å². The number of rotatable bonds is 17. The molecule has 2 aliphatic rings. The number of hydrogen-bond acceptors (Lipinski definition) is 6. The molecule has 7 heteroatoms. The molecule has 1 amide bonds. The number of ether oxygens (including phenoxy) is 3. The molecule has 0 aliphatic heterocycles. The van der Waals surface area contributed by atoms with Gasteiger partial charge in [0.05, 0.1) is 12.5 Å². The van der Waals surface area contributed by atoms with Crippen molar-refractivity contribution in [2.45, 2.75) is 110 Å². The van der Waals surface area contributed by atoms with E-state index in [9.17, 15) is 14.4 Å². The Morgan fingerprint density at radius 2 is 1.36 bits per heavy atom. The third-order valence-electron chi connectivity index (χ3n) is 8.52. The van der Waals surface area contributed by atoms with Gasteiger partial charge in [-0.3, -0.25) is 14.5 Å². The first-order chi connectivity index (χ1) is 21.7. The molecule has 0 N–H and O–H groups in total. The molecule has 45 heavy (non-hydrogen) atoms. The van der Waals surface area contributed by atoms with Gasteiger partial charge < -0.3 is 14.2 Å². The topological polar surface area (TPSA) is 82.1 Å². The highest BCUT2D eigenvalue weighted by Gasteiger charge is 2.40. The summed E-state index contributed by atoms with van der Waals surface area (Å²) in [4.78, 5) is 39.2. The molecule has 2 bridgehead atoms. The van der Waals surface area contributed by atoms with Crippen molar-refractivity contribution >= 4 is 18.0 Å². The molecular weight excluding hydrogens is 566 g/mol. The molecule has 3 unspecified atom stereocenters. The summed E-state index contributed by atoms with van der Waals surface area (Å²) in [7, 11) is 0. The summed E-state index contributed by atoms with van der Waals surface area (Å²) in [5, 5.41) is 0. The zero-order chi connectivity index (χ0) is 32.1. The summed E-state index contributed by atoms with van der Waals surface area (Å²) >= 11 is 0. The Morgan fingerprint density at radius 1 is 0.733 bits per heavy atom. The molecule has 2 aliphatic carbocycles. The second kappa shape index (κ2) is 17.2. The number of esters is 2. The third-order valence-corrected chi connectivity index (χ3v) is 8.52. The van der Waals surface area contributed by atoms with E-state index in [1.54, 1.807) is 4.90 Å². The van der Waals surface area contributed by atoms with Crippen LogP contribution < -0.4 is 0 Å². The SMILES string of the molecule is CC(C)(C)OC(=O)N(Cc1ccccc1)Cc1ccc(COC(=O)CCCCCCCCCOC(=O)C2CC3C=CC2C3)cc1. The van der Waals surface area contributed by atoms with Crippen LogP contribution in [0.1, 0.15) is 102 Å². The number of carbonyl (C=O) groups excluding carboxylic acids is 3. The molecule has 0 heterocycles. The highest BCUT2D eigenvalue weighted by atomic mass is 16.6. The molecule has 0 spiro atoms. The standard InChI is InChI=1S/C38H51NO6/c1-38(2,3)45-37(42)39(26-29-14-10-9-11-15-29)27-30-17-19-31(20-18-30)28-44-35(40)16-12-7-5-4-6-8-13-23-43-36(41)34-25-32-21-22-33(34)24-32/h9-11,14-15,17-22,32-34H,4-8,12-13,16,23-28H2,1-3H3. The van der Waals surface area contributed by atoms with Gasteiger partial charge in [0, 0.05) is 19.5 Å². The van der Waals surface area contributed by atoms with Gasteiger partial charge in [0.15, 0.2) is 0 Å². The molecule has 244 valence electrons. The van der Waals surface area contributed by atoms with E-state index < -0.39 is 5.60 Å². The summed E-state index contributed by atoms with van der Waals surface area (Å²) in [5.41, 5.74) is 2.34. The van der Waals surface area contributed by atoms with Crippen molar-refractivity contribution in [3.05, 3.63) is 83.4 Å². The maximum Gasteiger partial charge on any atom is 0.410 e. The van der Waals surface area contributed by atoms with Crippen LogP contribution >= 0.6 is 0 Å². The fourth-order valence-electron chi connectivity index (χ4n) is 6.10. The molecule has 7 nitrogen and oxygen atoms in total. The zero-order valence-electron chi connectivity index (χ0n) is 27.4. The van der Waals surface area contributed by atoms with Crippen LogP contribution in [-0.4, -0.2) is 35.1 Å². The number of allylic oxidation sites excluding steroid dienone is 2. The van der Waals surface area contributed by atoms with Crippen molar-refractivity contribution in [3.63, 3.8) is 0 Å². The molecule has 1 saturated carbocycles. The van der Waals surface area contributed by atoms with Crippen molar-refractivity contribution in [2.75, 3.05) is 6.61 Å². The zero-order valence-corrected chi connectivity index (χ0v) is 27.4. The minimum Gasteiger partial charge on any atom is -0.465 e. The number of unbranched alkanes of at least 4 members (excludes halogenated alkanes) is 6. The van der Waals surface area contributed by atoms with Crippen molar-refractivity contribution in [1.82, 2.24) is 4.90 Å². The van der Waals surface area contributed by atoms with Crippen LogP contribution in [0.15, 0.2) is 66.7 Å². The lowest BCUT2D eigenvalue weighted by molar-refractivity contribution is -0.149. The van der Waals surface area contributed by atoms with Gasteiger partial charge in [-0.05, 0) is 75.0 Å². The fourth-order valence-corrected chi connectivity index (χ4v) is 6.10. The quantitative estimate of drug-likeness (QED) is 0.0766. The van der Waals surface area contributed by atoms with E-state index in [2.05, 4.69) is 12.2 Å². The molecule has 0 radical (unpaired) electrons. The first-order valence-corrected chi connectivity index (χ1v) is 16.8. The first-order valence-electron chi connectivity index (χ1n) is 16.8. The maximum absolute atomic E-state index is 12.9. The predicted molar refractivity (Wildman–Crippen MR) is 175 cm³/mol. The highest BCUT2D eigenvalue weighted by molar-refractivity contribution is 5.74. The molecule has 1 fully saturated rings. The van der Waals surface area contributed by atoms with Gasteiger partial charge in [0.1, 0.15) is 12.2 Å². The largest absolute Gasteiger partial charge is 0.465 e. The number of amides is 1. The van der Waals surface area contributed by atoms with E-state index in [4.69, 9.17) is 14.2 Å². The van der Waals surface area contributed by atoms with E-state index in [0.717, 1.165) is 74.5 Å². The van der Waals surface area contributed by atoms with Gasteiger partial charge in [-0.1, -0.05) is 98.9 Å². The number of carbonyl (C=O) groups is 3. The Hall–Kier alpha value is -3.61. The Kier molecular flexibility index (Phi) is 13.1. The van der Waals surface area contributed by atoms with E-state index in [1.807, 2.05) is 75.4 Å². The van der Waals surface area contributed by atoms with Crippen molar-refractivity contribution < 1.29 is 28.6 Å². The maximum atomic E-state index is 12.9. The summed E-state index contributed by atoms with van der Waals surface area (Å²) in [6.07, 6.45) is 13.8. The van der Waals surface area contributed by atoms with Crippen molar-refractivity contribution in [2.24, 2.45) is 17.8 Å². The Bertz CT molecular complexity index is 1250. The van der Waals surface area contributed by atoms with Gasteiger partial charge in [-0.15, -0.1) is 0 Å². The molecule has 2 aromatic carbocycles. The second-order valence-electron chi connectivity index (χ2n) is 13.6. The van der Waals surface area contributed by atoms with Gasteiger partial charge in [-0.2, -0.15) is 0 Å². The van der Waals surface area contributed by atoms with Crippen molar-refractivity contribution in [1.29, 1.82) is 0 Å². The summed E-state index contributed by atoms with van der Waals surface area (Å²) in [6.45, 7) is 7.23. The van der Waals surface area contributed by atoms with Gasteiger partial charge in [-0.25, -0.2) is 4.79 Å². The lowest BCUT2D eigenvalue weighted by Gasteiger charge is -2.27. The van der Waals surface area contributed by atoms with Crippen LogP contribution in [-0.2, 0) is 43.5 Å². The first kappa shape index (κ1) is 34.3. The van der Waals surface area contributed by atoms with Gasteiger partial charge in [0.25, 0.3) is 0 Å². The highest BCUT2D eigenvalue weighted by Crippen LogP contribution is 2.43. The average molecular weight is 618 g/mol. The minimum absolute atomic E-state index is 0.00286. The predicted octanol–water partition coefficient (Wildman–Crippen LogP) is 8.54. The van der Waals surface area contributed by atoms with E-state index >= 15 is 0 Å². The van der Waals surface area contributed by atoms with Crippen LogP contribution in [0.2, 0.25) is 0 Å². The lowest BCUT2D eigenvalue weighted by Crippen LogP contribution is -2.36. The molecule has 4 rings (SSSR count). The fraction of sp³-hybridized carbons (Fsp3) is 0.553. The Morgan fingerprint density at radius 3 is 1.98 bits per heavy atom. The smallest absolute Gasteiger partial charge is 0.410 e. The van der Waals surface area contributed by atoms with E-state index in [1.165, 1.54) is 0 Å². The average Bonchev–Trinajstić information content (AvgIpc) is 3.65. The number of hydrogen-bond donors (Lipinski definition) is 0. The lowest BCUT2D eigenvalue weighted by atomic mass is 9.94. The molecule has 2 aromatic rings. The molecule has 0 aromatic heterocycles. The van der Waals surface area contributed by atoms with E-state index in [0.29, 0.717) is 38.0 Å². The molecule has 3 atom stereocenters. The monoisotopic (exact) mass is 617 g/mol. The van der Waals surface area contributed by atoms with Crippen LogP contribution in [0, 0.1) is 17.8 Å². The van der Waals surface area contributed by atoms with Crippen LogP contribution in [0.4, 0.5) is 4.79 Å². The van der Waals surface area contributed by atoms with Gasteiger partial charge >= 0.3 is 18.0 Å². The summed E-state index contributed by atoms with van der Waals surface area (Å²) in [6, 6.07) is 17.7. The summed E-state index contributed by atoms with van der Waals surface area (Å²) < 4.78 is 16.7. The van der Waals surface area contributed by atoms with Crippen LogP contribution in [0.5, 0.6) is 0 Å². The van der Waals surface area contributed by atoms with Crippen LogP contribution in [0.25, 0.3) is 0 Å². The van der Waals surface area contributed by atoms with Gasteiger partial charge in [0.2, 0.25) is 0 Å². The number of fused-ring (bicyclic) bond motifs is 2. The van der Waals surface area contributed by atoms with Crippen LogP contribution in [0.3, 0.4) is 0 Å². The molecule has 0 saturated heterocycles. The summed E-state index contributed by atoms with van der Waals surface area (Å²) in [5.74, 6) is 0.913. The Labute approximate surface area is 269 Å². The number of benzene rings is 2. The second-order valence-corrected chi connectivity index (χ2v) is 13.6. The molecular formula is C38H51NO6. The van der Waals surface area contributed by atoms with Crippen molar-refractivity contribution in [3.8, 4) is 0 Å². The Balaban J connectivity index is 1.05.